The molecule has 0 aromatic carbocycles. The molecular weight excluding hydrogens is 330 g/mol. The van der Waals surface area contributed by atoms with Gasteiger partial charge in [0.15, 0.2) is 5.13 Å². The minimum absolute atomic E-state index is 0.00676. The maximum Gasteiger partial charge on any atom is 0.255 e. The van der Waals surface area contributed by atoms with Gasteiger partial charge in [0, 0.05) is 23.8 Å². The molecule has 0 fully saturated rings. The molecule has 0 aliphatic carbocycles. The van der Waals surface area contributed by atoms with Crippen LogP contribution in [-0.2, 0) is 11.3 Å². The fourth-order valence-corrected chi connectivity index (χ4v) is 2.20. The number of carbonyl (C=O) groups excluding carboxylic acids is 2. The number of nitrogens with zero attached hydrogens (tertiary/aromatic N) is 2. The molecule has 0 radical (unpaired) electrons. The zero-order valence-corrected chi connectivity index (χ0v) is 12.5. The summed E-state index contributed by atoms with van der Waals surface area (Å²) in [5.41, 5.74) is -0.489. The van der Waals surface area contributed by atoms with Crippen LogP contribution < -0.4 is 16.2 Å². The predicted molar refractivity (Wildman–Crippen MR) is 79.8 cm³/mol. The number of hydrogen-bond donors (Lipinski definition) is 2. The lowest BCUT2D eigenvalue weighted by Gasteiger charge is -2.08. The number of carbonyl (C=O) groups is 2. The van der Waals surface area contributed by atoms with Gasteiger partial charge in [-0.05, 0) is 6.07 Å². The Morgan fingerprint density at radius 2 is 2.13 bits per heavy atom. The second-order valence-corrected chi connectivity index (χ2v) is 5.27. The summed E-state index contributed by atoms with van der Waals surface area (Å²) in [6, 6.07) is 2.30. The highest BCUT2D eigenvalue weighted by molar-refractivity contribution is 7.13. The lowest BCUT2D eigenvalue weighted by Crippen LogP contribution is -2.31. The predicted octanol–water partition coefficient (Wildman–Crippen LogP) is 0.938. The first-order valence-electron chi connectivity index (χ1n) is 6.42. The summed E-state index contributed by atoms with van der Waals surface area (Å²) in [5.74, 6) is -1.24. The van der Waals surface area contributed by atoms with Gasteiger partial charge in [0.25, 0.3) is 17.9 Å². The zero-order valence-electron chi connectivity index (χ0n) is 11.7. The molecule has 0 bridgehead atoms. The van der Waals surface area contributed by atoms with E-state index in [1.54, 1.807) is 5.38 Å². The van der Waals surface area contributed by atoms with Crippen LogP contribution in [0, 0.1) is 0 Å². The number of aromatic nitrogens is 2. The summed E-state index contributed by atoms with van der Waals surface area (Å²) in [6.45, 7) is -1.11. The van der Waals surface area contributed by atoms with Crippen molar-refractivity contribution in [2.45, 2.75) is 13.0 Å². The summed E-state index contributed by atoms with van der Waals surface area (Å²) in [6.07, 6.45) is -0.0146. The Morgan fingerprint density at radius 3 is 2.78 bits per heavy atom. The third kappa shape index (κ3) is 4.95. The van der Waals surface area contributed by atoms with Gasteiger partial charge in [0.2, 0.25) is 5.91 Å². The van der Waals surface area contributed by atoms with Gasteiger partial charge in [-0.3, -0.25) is 14.4 Å². The number of thiazole rings is 1. The monoisotopic (exact) mass is 342 g/mol. The number of anilines is 1. The lowest BCUT2D eigenvalue weighted by atomic mass is 10.2. The summed E-state index contributed by atoms with van der Waals surface area (Å²) >= 11 is 1.22. The maximum absolute atomic E-state index is 12.1. The number of alkyl halides is 2. The van der Waals surface area contributed by atoms with Crippen LogP contribution in [0.3, 0.4) is 0 Å². The van der Waals surface area contributed by atoms with E-state index in [-0.39, 0.29) is 12.1 Å². The second-order valence-electron chi connectivity index (χ2n) is 4.37. The molecule has 2 amide bonds. The first-order chi connectivity index (χ1) is 11.0. The molecule has 0 saturated carbocycles. The molecule has 10 heteroatoms. The Labute approximate surface area is 133 Å². The Hall–Kier alpha value is -2.62. The average molecular weight is 342 g/mol. The van der Waals surface area contributed by atoms with E-state index < -0.39 is 30.3 Å². The highest BCUT2D eigenvalue weighted by Gasteiger charge is 2.12. The van der Waals surface area contributed by atoms with Crippen LogP contribution >= 0.6 is 11.3 Å². The molecule has 0 unspecified atom stereocenters. The molecule has 23 heavy (non-hydrogen) atoms. The maximum atomic E-state index is 12.1. The number of amides is 2. The Balaban J connectivity index is 2.06. The summed E-state index contributed by atoms with van der Waals surface area (Å²) in [7, 11) is 0. The van der Waals surface area contributed by atoms with Crippen LogP contribution in [-0.4, -0.2) is 34.3 Å². The molecular formula is C13H12F2N4O3S. The van der Waals surface area contributed by atoms with E-state index in [2.05, 4.69) is 10.3 Å². The molecule has 7 nitrogen and oxygen atoms in total. The number of hydrogen-bond acceptors (Lipinski definition) is 5. The molecule has 2 aromatic heterocycles. The summed E-state index contributed by atoms with van der Waals surface area (Å²) < 4.78 is 25.2. The Morgan fingerprint density at radius 1 is 1.35 bits per heavy atom. The quantitative estimate of drug-likeness (QED) is 0.817. The number of nitrogens with one attached hydrogen (secondary N) is 2. The number of rotatable bonds is 6. The largest absolute Gasteiger partial charge is 0.346 e. The van der Waals surface area contributed by atoms with E-state index in [4.69, 9.17) is 0 Å². The van der Waals surface area contributed by atoms with E-state index in [9.17, 15) is 23.2 Å². The molecule has 2 aromatic rings. The van der Waals surface area contributed by atoms with Gasteiger partial charge >= 0.3 is 0 Å². The molecule has 0 aliphatic rings. The van der Waals surface area contributed by atoms with Gasteiger partial charge in [0.05, 0.1) is 12.1 Å². The lowest BCUT2D eigenvalue weighted by molar-refractivity contribution is -0.116. The highest BCUT2D eigenvalue weighted by Crippen LogP contribution is 2.10. The van der Waals surface area contributed by atoms with Crippen molar-refractivity contribution in [2.24, 2.45) is 0 Å². The summed E-state index contributed by atoms with van der Waals surface area (Å²) in [5, 5.41) is 6.58. The van der Waals surface area contributed by atoms with Gasteiger partial charge in [-0.15, -0.1) is 11.3 Å². The fraction of sp³-hybridized carbons (Fsp3) is 0.231. The van der Waals surface area contributed by atoms with Crippen LogP contribution in [0.5, 0.6) is 0 Å². The fourth-order valence-electron chi connectivity index (χ4n) is 1.66. The van der Waals surface area contributed by atoms with Crippen LogP contribution in [0.2, 0.25) is 0 Å². The van der Waals surface area contributed by atoms with Crippen LogP contribution in [0.25, 0.3) is 0 Å². The molecule has 0 saturated heterocycles. The van der Waals surface area contributed by atoms with Crippen LogP contribution in [0.4, 0.5) is 13.9 Å². The normalized spacial score (nSPS) is 10.6. The standard InChI is InChI=1S/C13H12F2N4O3S/c14-9(15)5-17-12(22)8-1-2-11(21)19(6-8)7-10(20)18-13-16-3-4-23-13/h1-4,6,9H,5,7H2,(H,17,22)(H,16,18,20). The first kappa shape index (κ1) is 16.7. The van der Waals surface area contributed by atoms with Crippen LogP contribution in [0.1, 0.15) is 10.4 Å². The molecule has 0 spiro atoms. The van der Waals surface area contributed by atoms with E-state index in [0.717, 1.165) is 16.8 Å². The molecule has 2 rings (SSSR count). The minimum atomic E-state index is -2.67. The van der Waals surface area contributed by atoms with Crippen molar-refractivity contribution in [1.29, 1.82) is 0 Å². The Bertz CT molecular complexity index is 746. The van der Waals surface area contributed by atoms with Crippen molar-refractivity contribution in [2.75, 3.05) is 11.9 Å². The van der Waals surface area contributed by atoms with Gasteiger partial charge in [-0.1, -0.05) is 0 Å². The molecule has 0 aliphatic heterocycles. The van der Waals surface area contributed by atoms with Gasteiger partial charge < -0.3 is 15.2 Å². The second kappa shape index (κ2) is 7.58. The Kier molecular flexibility index (Phi) is 5.52. The van der Waals surface area contributed by atoms with Gasteiger partial charge in [0.1, 0.15) is 6.54 Å². The van der Waals surface area contributed by atoms with Crippen molar-refractivity contribution < 1.29 is 18.4 Å². The number of pyridine rings is 1. The third-order valence-electron chi connectivity index (χ3n) is 2.66. The zero-order chi connectivity index (χ0) is 16.8. The SMILES string of the molecule is O=C(Cn1cc(C(=O)NCC(F)F)ccc1=O)Nc1nccs1. The topological polar surface area (TPSA) is 93.1 Å². The number of halogens is 2. The van der Waals surface area contributed by atoms with Crippen molar-refractivity contribution in [3.8, 4) is 0 Å². The smallest absolute Gasteiger partial charge is 0.255 e. The summed E-state index contributed by atoms with van der Waals surface area (Å²) in [4.78, 5) is 39.1. The van der Waals surface area contributed by atoms with Gasteiger partial charge in [-0.2, -0.15) is 0 Å². The van der Waals surface area contributed by atoms with Crippen molar-refractivity contribution in [1.82, 2.24) is 14.9 Å². The van der Waals surface area contributed by atoms with E-state index in [0.29, 0.717) is 5.13 Å². The molecule has 2 N–H and O–H groups in total. The highest BCUT2D eigenvalue weighted by atomic mass is 32.1. The van der Waals surface area contributed by atoms with E-state index in [1.807, 2.05) is 5.32 Å². The minimum Gasteiger partial charge on any atom is -0.346 e. The van der Waals surface area contributed by atoms with E-state index >= 15 is 0 Å². The third-order valence-corrected chi connectivity index (χ3v) is 3.34. The van der Waals surface area contributed by atoms with E-state index in [1.165, 1.54) is 23.6 Å². The van der Waals surface area contributed by atoms with Crippen molar-refractivity contribution in [3.05, 3.63) is 45.8 Å². The average Bonchev–Trinajstić information content (AvgIpc) is 2.99. The molecule has 0 atom stereocenters. The molecule has 122 valence electrons. The van der Waals surface area contributed by atoms with Crippen LogP contribution in [0.15, 0.2) is 34.7 Å². The first-order valence-corrected chi connectivity index (χ1v) is 7.30. The van der Waals surface area contributed by atoms with Crippen molar-refractivity contribution >= 4 is 28.3 Å². The van der Waals surface area contributed by atoms with Gasteiger partial charge in [-0.25, -0.2) is 13.8 Å². The van der Waals surface area contributed by atoms with Crippen molar-refractivity contribution in [3.63, 3.8) is 0 Å². The molecule has 2 heterocycles.